The Balaban J connectivity index is 1.49. The van der Waals surface area contributed by atoms with Crippen molar-refractivity contribution >= 4 is 11.6 Å². The number of para-hydroxylation sites is 1. The van der Waals surface area contributed by atoms with Crippen LogP contribution in [0.2, 0.25) is 0 Å². The van der Waals surface area contributed by atoms with Crippen LogP contribution < -0.4 is 24.6 Å². The third kappa shape index (κ3) is 4.75. The van der Waals surface area contributed by atoms with Gasteiger partial charge in [-0.05, 0) is 37.3 Å². The van der Waals surface area contributed by atoms with Gasteiger partial charge in [-0.15, -0.1) is 0 Å². The van der Waals surface area contributed by atoms with Crippen molar-refractivity contribution in [1.29, 1.82) is 0 Å². The summed E-state index contributed by atoms with van der Waals surface area (Å²) in [6, 6.07) is 15.9. The minimum Gasteiger partial charge on any atom is -0.497 e. The molecule has 1 aliphatic heterocycles. The molecule has 150 valence electrons. The van der Waals surface area contributed by atoms with Crippen molar-refractivity contribution in [2.24, 2.45) is 0 Å². The van der Waals surface area contributed by atoms with Crippen LogP contribution in [0.5, 0.6) is 11.5 Å². The predicted octanol–water partition coefficient (Wildman–Crippen LogP) is 1.11. The molecule has 2 aromatic rings. The molecule has 2 aromatic carbocycles. The summed E-state index contributed by atoms with van der Waals surface area (Å²) in [5.74, 6) is 1.75. The van der Waals surface area contributed by atoms with Gasteiger partial charge in [0.05, 0.1) is 40.4 Å². The van der Waals surface area contributed by atoms with Crippen LogP contribution in [0.15, 0.2) is 48.5 Å². The predicted molar refractivity (Wildman–Crippen MR) is 110 cm³/mol. The maximum atomic E-state index is 12.6. The second-order valence-electron chi connectivity index (χ2n) is 7.09. The lowest BCUT2D eigenvalue weighted by molar-refractivity contribution is -0.914. The molecule has 1 heterocycles. The number of carbonyl (C=O) groups excluding carboxylic acids is 1. The summed E-state index contributed by atoms with van der Waals surface area (Å²) < 4.78 is 10.6. The van der Waals surface area contributed by atoms with E-state index >= 15 is 0 Å². The van der Waals surface area contributed by atoms with Crippen molar-refractivity contribution in [3.05, 3.63) is 54.1 Å². The Morgan fingerprint density at radius 2 is 1.75 bits per heavy atom. The standard InChI is InChI=1S/C22H29N3O3/c1-17(22(26)23-16-18-6-4-5-7-21(18)28-3)24-12-14-25(15-13-24)19-8-10-20(27-2)11-9-19/h4-11,17H,12-16H2,1-3H3,(H,23,26)/p+1/t17-/m0/s1. The smallest absolute Gasteiger partial charge is 0.278 e. The van der Waals surface area contributed by atoms with Crippen molar-refractivity contribution in [1.82, 2.24) is 5.32 Å². The molecule has 2 N–H and O–H groups in total. The summed E-state index contributed by atoms with van der Waals surface area (Å²) >= 11 is 0. The van der Waals surface area contributed by atoms with Crippen LogP contribution in [-0.2, 0) is 11.3 Å². The van der Waals surface area contributed by atoms with Crippen LogP contribution in [0.25, 0.3) is 0 Å². The van der Waals surface area contributed by atoms with Gasteiger partial charge in [-0.2, -0.15) is 0 Å². The van der Waals surface area contributed by atoms with E-state index in [4.69, 9.17) is 9.47 Å². The van der Waals surface area contributed by atoms with Crippen LogP contribution in [-0.4, -0.2) is 52.3 Å². The average Bonchev–Trinajstić information content (AvgIpc) is 2.77. The van der Waals surface area contributed by atoms with E-state index in [0.29, 0.717) is 6.54 Å². The monoisotopic (exact) mass is 384 g/mol. The largest absolute Gasteiger partial charge is 0.497 e. The fourth-order valence-corrected chi connectivity index (χ4v) is 3.65. The number of piperazine rings is 1. The lowest BCUT2D eigenvalue weighted by Gasteiger charge is -2.36. The fourth-order valence-electron chi connectivity index (χ4n) is 3.65. The van der Waals surface area contributed by atoms with E-state index in [-0.39, 0.29) is 11.9 Å². The number of nitrogens with one attached hydrogen (secondary N) is 2. The highest BCUT2D eigenvalue weighted by Gasteiger charge is 2.29. The van der Waals surface area contributed by atoms with Crippen LogP contribution in [0, 0.1) is 0 Å². The number of benzene rings is 2. The fraction of sp³-hybridized carbons (Fsp3) is 0.409. The Hall–Kier alpha value is -2.73. The van der Waals surface area contributed by atoms with Gasteiger partial charge in [0.15, 0.2) is 6.04 Å². The molecule has 1 atom stereocenters. The third-order valence-electron chi connectivity index (χ3n) is 5.49. The van der Waals surface area contributed by atoms with Crippen molar-refractivity contribution in [3.8, 4) is 11.5 Å². The van der Waals surface area contributed by atoms with E-state index in [1.807, 2.05) is 43.3 Å². The first kappa shape index (κ1) is 20.0. The number of methoxy groups -OCH3 is 2. The molecule has 1 aliphatic rings. The Morgan fingerprint density at radius 1 is 1.07 bits per heavy atom. The zero-order valence-corrected chi connectivity index (χ0v) is 16.9. The normalized spacial score (nSPS) is 15.8. The number of anilines is 1. The molecule has 0 bridgehead atoms. The molecule has 0 radical (unpaired) electrons. The van der Waals surface area contributed by atoms with Crippen LogP contribution >= 0.6 is 0 Å². The van der Waals surface area contributed by atoms with Gasteiger partial charge in [0, 0.05) is 17.8 Å². The van der Waals surface area contributed by atoms with Gasteiger partial charge in [0.25, 0.3) is 5.91 Å². The van der Waals surface area contributed by atoms with Gasteiger partial charge in [-0.25, -0.2) is 0 Å². The Bertz CT molecular complexity index is 771. The quantitative estimate of drug-likeness (QED) is 0.751. The first-order valence-corrected chi connectivity index (χ1v) is 9.75. The summed E-state index contributed by atoms with van der Waals surface area (Å²) in [7, 11) is 3.33. The van der Waals surface area contributed by atoms with Gasteiger partial charge in [0.1, 0.15) is 11.5 Å². The van der Waals surface area contributed by atoms with Crippen LogP contribution in [0.3, 0.4) is 0 Å². The van der Waals surface area contributed by atoms with Gasteiger partial charge < -0.3 is 24.6 Å². The third-order valence-corrected chi connectivity index (χ3v) is 5.49. The van der Waals surface area contributed by atoms with E-state index < -0.39 is 0 Å². The number of quaternary nitrogens is 1. The zero-order valence-electron chi connectivity index (χ0n) is 16.9. The van der Waals surface area contributed by atoms with Gasteiger partial charge in [-0.1, -0.05) is 18.2 Å². The highest BCUT2D eigenvalue weighted by molar-refractivity contribution is 5.80. The molecular formula is C22H30N3O3+. The Labute approximate surface area is 167 Å². The lowest BCUT2D eigenvalue weighted by atomic mass is 10.1. The molecule has 0 aromatic heterocycles. The molecule has 0 unspecified atom stereocenters. The number of nitrogens with zero attached hydrogens (tertiary/aromatic N) is 1. The summed E-state index contributed by atoms with van der Waals surface area (Å²) in [6.07, 6.45) is 0. The summed E-state index contributed by atoms with van der Waals surface area (Å²) in [5, 5.41) is 3.06. The first-order valence-electron chi connectivity index (χ1n) is 9.75. The zero-order chi connectivity index (χ0) is 19.9. The molecule has 0 spiro atoms. The van der Waals surface area contributed by atoms with Gasteiger partial charge in [-0.3, -0.25) is 4.79 Å². The minimum absolute atomic E-state index is 0.0762. The molecule has 1 amide bonds. The number of ether oxygens (including phenoxy) is 2. The Morgan fingerprint density at radius 3 is 2.39 bits per heavy atom. The molecule has 6 heteroatoms. The van der Waals surface area contributed by atoms with Crippen LogP contribution in [0.1, 0.15) is 12.5 Å². The molecule has 1 fully saturated rings. The minimum atomic E-state index is -0.0762. The molecule has 0 saturated carbocycles. The number of carbonyl (C=O) groups is 1. The van der Waals surface area contributed by atoms with Gasteiger partial charge in [0.2, 0.25) is 0 Å². The van der Waals surface area contributed by atoms with E-state index in [9.17, 15) is 4.79 Å². The number of rotatable bonds is 7. The second-order valence-corrected chi connectivity index (χ2v) is 7.09. The van der Waals surface area contributed by atoms with E-state index in [0.717, 1.165) is 43.2 Å². The summed E-state index contributed by atoms with van der Waals surface area (Å²) in [6.45, 7) is 6.25. The molecular weight excluding hydrogens is 354 g/mol. The number of hydrogen-bond donors (Lipinski definition) is 2. The maximum absolute atomic E-state index is 12.6. The van der Waals surface area contributed by atoms with Crippen molar-refractivity contribution in [3.63, 3.8) is 0 Å². The lowest BCUT2D eigenvalue weighted by Crippen LogP contribution is -3.19. The number of amides is 1. The van der Waals surface area contributed by atoms with Crippen molar-refractivity contribution in [2.45, 2.75) is 19.5 Å². The van der Waals surface area contributed by atoms with E-state index in [2.05, 4.69) is 22.3 Å². The molecule has 6 nitrogen and oxygen atoms in total. The van der Waals surface area contributed by atoms with Crippen molar-refractivity contribution < 1.29 is 19.2 Å². The maximum Gasteiger partial charge on any atom is 0.278 e. The molecule has 28 heavy (non-hydrogen) atoms. The van der Waals surface area contributed by atoms with Gasteiger partial charge >= 0.3 is 0 Å². The van der Waals surface area contributed by atoms with Crippen molar-refractivity contribution in [2.75, 3.05) is 45.3 Å². The van der Waals surface area contributed by atoms with E-state index in [1.54, 1.807) is 14.2 Å². The average molecular weight is 385 g/mol. The Kier molecular flexibility index (Phi) is 6.76. The highest BCUT2D eigenvalue weighted by Crippen LogP contribution is 2.19. The second kappa shape index (κ2) is 9.46. The molecule has 1 saturated heterocycles. The SMILES string of the molecule is COc1ccc(N2CC[NH+]([C@@H](C)C(=O)NCc3ccccc3OC)CC2)cc1. The molecule has 0 aliphatic carbocycles. The summed E-state index contributed by atoms with van der Waals surface area (Å²) in [5.41, 5.74) is 2.19. The topological polar surface area (TPSA) is 55.2 Å². The summed E-state index contributed by atoms with van der Waals surface area (Å²) in [4.78, 5) is 16.3. The van der Waals surface area contributed by atoms with Crippen LogP contribution in [0.4, 0.5) is 5.69 Å². The van der Waals surface area contributed by atoms with E-state index in [1.165, 1.54) is 10.6 Å². The molecule has 3 rings (SSSR count). The highest BCUT2D eigenvalue weighted by atomic mass is 16.5. The first-order chi connectivity index (χ1) is 13.6. The number of hydrogen-bond acceptors (Lipinski definition) is 4.